The molecule has 0 atom stereocenters. The number of hydrogen-bond acceptors (Lipinski definition) is 1. The van der Waals surface area contributed by atoms with Crippen molar-refractivity contribution in [1.82, 2.24) is 0 Å². The molecule has 0 amide bonds. The summed E-state index contributed by atoms with van der Waals surface area (Å²) in [7, 11) is 0. The van der Waals surface area contributed by atoms with Gasteiger partial charge in [-0.2, -0.15) is 24.1 Å². The van der Waals surface area contributed by atoms with Crippen LogP contribution in [0.4, 0.5) is 0 Å². The van der Waals surface area contributed by atoms with E-state index in [1.54, 1.807) is 13.8 Å². The molecule has 2 aromatic rings. The molecule has 0 spiro atoms. The minimum atomic E-state index is -0.794. The number of hydrogen-bond donors (Lipinski definition) is 1. The van der Waals surface area contributed by atoms with E-state index in [2.05, 4.69) is 11.8 Å². The van der Waals surface area contributed by atoms with E-state index in [4.69, 9.17) is 0 Å². The normalized spacial score (nSPS) is 10.8. The quantitative estimate of drug-likeness (QED) is 0.582. The van der Waals surface area contributed by atoms with Crippen molar-refractivity contribution in [1.29, 1.82) is 0 Å². The third-order valence-corrected chi connectivity index (χ3v) is 2.61. The Morgan fingerprint density at radius 2 is 1.76 bits per heavy atom. The molecule has 17 heavy (non-hydrogen) atoms. The van der Waals surface area contributed by atoms with Gasteiger partial charge in [0.25, 0.3) is 0 Å². The van der Waals surface area contributed by atoms with E-state index in [-0.39, 0.29) is 0 Å². The molecule has 0 fully saturated rings. The van der Waals surface area contributed by atoms with Crippen molar-refractivity contribution in [3.8, 4) is 11.8 Å². The molecule has 86 valence electrons. The largest absolute Gasteiger partial charge is 0.386 e. The second-order valence-electron chi connectivity index (χ2n) is 4.56. The van der Waals surface area contributed by atoms with Gasteiger partial charge in [-0.25, -0.2) is 0 Å². The maximum Gasteiger partial charge on any atom is 0.0840 e. The van der Waals surface area contributed by atoms with E-state index in [0.29, 0.717) is 0 Å². The van der Waals surface area contributed by atoms with Gasteiger partial charge in [0.1, 0.15) is 0 Å². The first-order valence-corrected chi connectivity index (χ1v) is 5.62. The molecule has 0 saturated heterocycles. The zero-order chi connectivity index (χ0) is 12.3. The zero-order valence-corrected chi connectivity index (χ0v) is 10.1. The molecule has 0 heterocycles. The summed E-state index contributed by atoms with van der Waals surface area (Å²) >= 11 is 0. The summed E-state index contributed by atoms with van der Waals surface area (Å²) in [5, 5.41) is 9.82. The van der Waals surface area contributed by atoms with Crippen molar-refractivity contribution in [2.75, 3.05) is 0 Å². The molecule has 1 heteroatoms. The molecular formula is C16H15O-. The standard InChI is InChI=1S/C16H15O/c1-16(2,17)15-11-9-14(10-12-15)8-7-13-5-3-4-6-13/h3-6,9-12,17H,1-2H3/q-1. The van der Waals surface area contributed by atoms with E-state index in [1.807, 2.05) is 48.5 Å². The topological polar surface area (TPSA) is 20.2 Å². The van der Waals surface area contributed by atoms with Gasteiger partial charge < -0.3 is 5.11 Å². The summed E-state index contributed by atoms with van der Waals surface area (Å²) in [4.78, 5) is 0. The molecule has 0 aromatic heterocycles. The van der Waals surface area contributed by atoms with Crippen molar-refractivity contribution in [2.24, 2.45) is 0 Å². The second kappa shape index (κ2) is 4.53. The van der Waals surface area contributed by atoms with Gasteiger partial charge in [0, 0.05) is 5.56 Å². The van der Waals surface area contributed by atoms with Gasteiger partial charge in [-0.05, 0) is 31.5 Å². The van der Waals surface area contributed by atoms with E-state index in [1.165, 1.54) is 0 Å². The molecule has 0 bridgehead atoms. The van der Waals surface area contributed by atoms with E-state index < -0.39 is 5.60 Å². The van der Waals surface area contributed by atoms with E-state index in [0.717, 1.165) is 16.7 Å². The molecule has 1 nitrogen and oxygen atoms in total. The van der Waals surface area contributed by atoms with Crippen molar-refractivity contribution < 1.29 is 5.11 Å². The Hall–Kier alpha value is -1.91. The second-order valence-corrected chi connectivity index (χ2v) is 4.56. The van der Waals surface area contributed by atoms with Crippen LogP contribution in [0.2, 0.25) is 0 Å². The first-order chi connectivity index (χ1) is 8.05. The fraction of sp³-hybridized carbons (Fsp3) is 0.188. The Bertz CT molecular complexity index is 528. The molecule has 0 unspecified atom stereocenters. The lowest BCUT2D eigenvalue weighted by Crippen LogP contribution is -2.14. The molecule has 2 aromatic carbocycles. The monoisotopic (exact) mass is 223 g/mol. The predicted octanol–water partition coefficient (Wildman–Crippen LogP) is 3.03. The molecule has 0 radical (unpaired) electrons. The summed E-state index contributed by atoms with van der Waals surface area (Å²) in [5.74, 6) is 6.18. The van der Waals surface area contributed by atoms with Crippen molar-refractivity contribution >= 4 is 0 Å². The van der Waals surface area contributed by atoms with Crippen LogP contribution in [-0.2, 0) is 5.60 Å². The third kappa shape index (κ3) is 3.03. The van der Waals surface area contributed by atoms with Crippen LogP contribution in [0.5, 0.6) is 0 Å². The maximum atomic E-state index is 9.82. The van der Waals surface area contributed by atoms with Crippen molar-refractivity contribution in [2.45, 2.75) is 19.4 Å². The number of benzene rings is 1. The van der Waals surface area contributed by atoms with E-state index in [9.17, 15) is 5.11 Å². The fourth-order valence-corrected chi connectivity index (χ4v) is 1.56. The van der Waals surface area contributed by atoms with Crippen LogP contribution in [-0.4, -0.2) is 5.11 Å². The van der Waals surface area contributed by atoms with Crippen LogP contribution in [0.15, 0.2) is 48.5 Å². The molecule has 0 aliphatic carbocycles. The Morgan fingerprint density at radius 1 is 1.06 bits per heavy atom. The van der Waals surface area contributed by atoms with Gasteiger partial charge in [0.2, 0.25) is 0 Å². The molecule has 1 N–H and O–H groups in total. The fourth-order valence-electron chi connectivity index (χ4n) is 1.56. The maximum absolute atomic E-state index is 9.82. The van der Waals surface area contributed by atoms with Crippen LogP contribution < -0.4 is 0 Å². The Labute approximate surface area is 102 Å². The minimum Gasteiger partial charge on any atom is -0.386 e. The molecule has 0 aliphatic heterocycles. The lowest BCUT2D eigenvalue weighted by molar-refractivity contribution is 0.0786. The summed E-state index contributed by atoms with van der Waals surface area (Å²) in [6.45, 7) is 3.55. The Kier molecular flexibility index (Phi) is 3.08. The minimum absolute atomic E-state index is 0.794. The summed E-state index contributed by atoms with van der Waals surface area (Å²) in [6.07, 6.45) is 0. The third-order valence-electron chi connectivity index (χ3n) is 2.61. The summed E-state index contributed by atoms with van der Waals surface area (Å²) in [5.41, 5.74) is 2.09. The van der Waals surface area contributed by atoms with Crippen LogP contribution in [0, 0.1) is 11.8 Å². The smallest absolute Gasteiger partial charge is 0.0840 e. The predicted molar refractivity (Wildman–Crippen MR) is 69.7 cm³/mol. The van der Waals surface area contributed by atoms with Gasteiger partial charge in [0.15, 0.2) is 0 Å². The SMILES string of the molecule is CC(C)(O)c1ccc(C#Cc2ccc[cH-]2)cc1. The Balaban J connectivity index is 2.19. The molecule has 0 aliphatic rings. The van der Waals surface area contributed by atoms with Gasteiger partial charge in [0.05, 0.1) is 5.60 Å². The summed E-state index contributed by atoms with van der Waals surface area (Å²) < 4.78 is 0. The highest BCUT2D eigenvalue weighted by Crippen LogP contribution is 2.19. The van der Waals surface area contributed by atoms with Crippen LogP contribution in [0.1, 0.15) is 30.5 Å². The number of rotatable bonds is 1. The number of aliphatic hydroxyl groups is 1. The van der Waals surface area contributed by atoms with Crippen molar-refractivity contribution in [3.63, 3.8) is 0 Å². The van der Waals surface area contributed by atoms with Gasteiger partial charge in [-0.3, -0.25) is 0 Å². The lowest BCUT2D eigenvalue weighted by Gasteiger charge is -2.17. The van der Waals surface area contributed by atoms with Crippen molar-refractivity contribution in [3.05, 3.63) is 65.2 Å². The lowest BCUT2D eigenvalue weighted by atomic mass is 9.97. The average molecular weight is 223 g/mol. The van der Waals surface area contributed by atoms with E-state index >= 15 is 0 Å². The first kappa shape index (κ1) is 11.6. The highest BCUT2D eigenvalue weighted by Gasteiger charge is 2.14. The molecular weight excluding hydrogens is 208 g/mol. The van der Waals surface area contributed by atoms with Gasteiger partial charge in [-0.15, -0.1) is 17.6 Å². The van der Waals surface area contributed by atoms with Crippen LogP contribution in [0.25, 0.3) is 0 Å². The van der Waals surface area contributed by atoms with Gasteiger partial charge >= 0.3 is 0 Å². The average Bonchev–Trinajstić information content (AvgIpc) is 2.78. The van der Waals surface area contributed by atoms with Gasteiger partial charge in [-0.1, -0.05) is 12.1 Å². The van der Waals surface area contributed by atoms with Crippen LogP contribution in [0.3, 0.4) is 0 Å². The molecule has 0 saturated carbocycles. The highest BCUT2D eigenvalue weighted by molar-refractivity contribution is 5.44. The molecule has 2 rings (SSSR count). The first-order valence-electron chi connectivity index (χ1n) is 5.62. The zero-order valence-electron chi connectivity index (χ0n) is 10.1. The Morgan fingerprint density at radius 3 is 2.29 bits per heavy atom. The highest BCUT2D eigenvalue weighted by atomic mass is 16.3. The van der Waals surface area contributed by atoms with Crippen LogP contribution >= 0.6 is 0 Å². The summed E-state index contributed by atoms with van der Waals surface area (Å²) in [6, 6.07) is 15.6.